The van der Waals surface area contributed by atoms with Crippen molar-refractivity contribution in [2.45, 2.75) is 32.4 Å². The van der Waals surface area contributed by atoms with Crippen molar-refractivity contribution >= 4 is 0 Å². The van der Waals surface area contributed by atoms with Gasteiger partial charge in [0.25, 0.3) is 0 Å². The van der Waals surface area contributed by atoms with Crippen LogP contribution in [0.4, 0.5) is 0 Å². The molecular formula is C17H27N5O. The third kappa shape index (κ3) is 3.82. The predicted molar refractivity (Wildman–Crippen MR) is 88.8 cm³/mol. The van der Waals surface area contributed by atoms with E-state index < -0.39 is 0 Å². The van der Waals surface area contributed by atoms with Gasteiger partial charge in [0, 0.05) is 44.0 Å². The molecule has 1 saturated heterocycles. The normalized spacial score (nSPS) is 22.8. The van der Waals surface area contributed by atoms with E-state index in [9.17, 15) is 0 Å². The molecule has 2 atom stereocenters. The molecule has 0 amide bonds. The Morgan fingerprint density at radius 2 is 2.30 bits per heavy atom. The first kappa shape index (κ1) is 16.2. The summed E-state index contributed by atoms with van der Waals surface area (Å²) in [6.45, 7) is 6.41. The number of piperidine rings is 1. The van der Waals surface area contributed by atoms with Crippen molar-refractivity contribution in [3.8, 4) is 0 Å². The van der Waals surface area contributed by atoms with Crippen LogP contribution in [0.3, 0.4) is 0 Å². The zero-order valence-corrected chi connectivity index (χ0v) is 14.4. The molecule has 126 valence electrons. The minimum atomic E-state index is 0.460. The molecule has 6 heteroatoms. The fourth-order valence-corrected chi connectivity index (χ4v) is 3.83. The average Bonchev–Trinajstić information content (AvgIpc) is 3.18. The summed E-state index contributed by atoms with van der Waals surface area (Å²) in [6, 6.07) is 2.40. The van der Waals surface area contributed by atoms with Crippen LogP contribution in [0.2, 0.25) is 0 Å². The summed E-state index contributed by atoms with van der Waals surface area (Å²) in [5, 5.41) is 8.41. The van der Waals surface area contributed by atoms with Gasteiger partial charge in [-0.3, -0.25) is 9.58 Å². The molecule has 0 N–H and O–H groups in total. The number of aromatic nitrogens is 3. The van der Waals surface area contributed by atoms with Gasteiger partial charge >= 0.3 is 0 Å². The second-order valence-electron chi connectivity index (χ2n) is 6.61. The lowest BCUT2D eigenvalue weighted by molar-refractivity contribution is 0.0744. The van der Waals surface area contributed by atoms with E-state index in [0.29, 0.717) is 12.0 Å². The summed E-state index contributed by atoms with van der Waals surface area (Å²) in [7, 11) is 4.16. The summed E-state index contributed by atoms with van der Waals surface area (Å²) in [6.07, 6.45) is 8.37. The Hall–Kier alpha value is -1.66. The molecule has 0 spiro atoms. The van der Waals surface area contributed by atoms with E-state index in [1.807, 2.05) is 24.0 Å². The largest absolute Gasteiger partial charge is 0.364 e. The van der Waals surface area contributed by atoms with Gasteiger partial charge in [-0.1, -0.05) is 12.1 Å². The van der Waals surface area contributed by atoms with Gasteiger partial charge < -0.3 is 9.42 Å². The second-order valence-corrected chi connectivity index (χ2v) is 6.61. The molecule has 0 aromatic carbocycles. The average molecular weight is 317 g/mol. The van der Waals surface area contributed by atoms with Crippen LogP contribution in [0.1, 0.15) is 37.1 Å². The van der Waals surface area contributed by atoms with Gasteiger partial charge in [-0.25, -0.2) is 0 Å². The summed E-state index contributed by atoms with van der Waals surface area (Å²) in [4.78, 5) is 4.94. The first-order valence-corrected chi connectivity index (χ1v) is 8.47. The van der Waals surface area contributed by atoms with Crippen molar-refractivity contribution in [1.82, 2.24) is 24.7 Å². The van der Waals surface area contributed by atoms with Gasteiger partial charge in [-0.05, 0) is 38.9 Å². The maximum atomic E-state index is 4.94. The Morgan fingerprint density at radius 3 is 2.96 bits per heavy atom. The van der Waals surface area contributed by atoms with Crippen LogP contribution >= 0.6 is 0 Å². The molecule has 0 saturated carbocycles. The van der Waals surface area contributed by atoms with Crippen molar-refractivity contribution in [3.63, 3.8) is 0 Å². The van der Waals surface area contributed by atoms with E-state index >= 15 is 0 Å². The first-order valence-electron chi connectivity index (χ1n) is 8.47. The molecule has 1 fully saturated rings. The molecule has 1 aliphatic rings. The highest BCUT2D eigenvalue weighted by Crippen LogP contribution is 2.36. The summed E-state index contributed by atoms with van der Waals surface area (Å²) in [5.74, 6) is 0.616. The second kappa shape index (κ2) is 7.27. The molecule has 23 heavy (non-hydrogen) atoms. The summed E-state index contributed by atoms with van der Waals surface area (Å²) >= 11 is 0. The van der Waals surface area contributed by atoms with E-state index in [2.05, 4.69) is 40.2 Å². The topological polar surface area (TPSA) is 50.3 Å². The SMILES string of the molecule is CCN1CCC[C@@H](CN(C)Cc2ccon2)[C@@H]1c1cnn(C)c1. The minimum absolute atomic E-state index is 0.460. The maximum absolute atomic E-state index is 4.94. The van der Waals surface area contributed by atoms with Crippen molar-refractivity contribution in [3.05, 3.63) is 36.0 Å². The first-order chi connectivity index (χ1) is 11.2. The number of rotatable bonds is 6. The van der Waals surface area contributed by atoms with Crippen LogP contribution in [0.25, 0.3) is 0 Å². The highest BCUT2D eigenvalue weighted by Gasteiger charge is 2.33. The van der Waals surface area contributed by atoms with Gasteiger partial charge in [0.15, 0.2) is 0 Å². The summed E-state index contributed by atoms with van der Waals surface area (Å²) in [5.41, 5.74) is 2.34. The Morgan fingerprint density at radius 1 is 1.43 bits per heavy atom. The molecule has 0 unspecified atom stereocenters. The number of aryl methyl sites for hydroxylation is 1. The third-order valence-corrected chi connectivity index (χ3v) is 4.80. The third-order valence-electron chi connectivity index (χ3n) is 4.80. The molecule has 2 aromatic heterocycles. The smallest absolute Gasteiger partial charge is 0.124 e. The summed E-state index contributed by atoms with van der Waals surface area (Å²) < 4.78 is 6.85. The van der Waals surface area contributed by atoms with E-state index in [1.54, 1.807) is 6.26 Å². The van der Waals surface area contributed by atoms with E-state index in [0.717, 1.165) is 25.3 Å². The molecule has 3 rings (SSSR count). The molecule has 1 aliphatic heterocycles. The van der Waals surface area contributed by atoms with Crippen molar-refractivity contribution < 1.29 is 4.52 Å². The highest BCUT2D eigenvalue weighted by molar-refractivity contribution is 5.13. The van der Waals surface area contributed by atoms with E-state index in [1.165, 1.54) is 24.9 Å². The molecule has 2 aromatic rings. The lowest BCUT2D eigenvalue weighted by Gasteiger charge is -2.42. The van der Waals surface area contributed by atoms with Crippen molar-refractivity contribution in [2.24, 2.45) is 13.0 Å². The Labute approximate surface area is 138 Å². The Kier molecular flexibility index (Phi) is 5.13. The Balaban J connectivity index is 1.72. The monoisotopic (exact) mass is 317 g/mol. The lowest BCUT2D eigenvalue weighted by Crippen LogP contribution is -2.42. The van der Waals surface area contributed by atoms with Crippen molar-refractivity contribution in [2.75, 3.05) is 26.7 Å². The zero-order valence-electron chi connectivity index (χ0n) is 14.4. The van der Waals surface area contributed by atoms with Crippen molar-refractivity contribution in [1.29, 1.82) is 0 Å². The molecule has 0 radical (unpaired) electrons. The zero-order chi connectivity index (χ0) is 16.2. The van der Waals surface area contributed by atoms with Crippen LogP contribution in [-0.2, 0) is 13.6 Å². The number of likely N-dealkylation sites (tertiary alicyclic amines) is 1. The molecular weight excluding hydrogens is 290 g/mol. The van der Waals surface area contributed by atoms with Crippen LogP contribution in [0.15, 0.2) is 29.2 Å². The molecule has 0 aliphatic carbocycles. The van der Waals surface area contributed by atoms with Gasteiger partial charge in [0.05, 0.1) is 11.9 Å². The molecule has 0 bridgehead atoms. The standard InChI is InChI=1S/C17H27N5O/c1-4-22-8-5-6-14(17(22)15-10-18-21(3)12-15)11-20(2)13-16-7-9-23-19-16/h7,9-10,12,14,17H,4-6,8,11,13H2,1-3H3/t14-,17+/m0/s1. The fraction of sp³-hybridized carbons (Fsp3) is 0.647. The molecule has 6 nitrogen and oxygen atoms in total. The number of nitrogens with zero attached hydrogens (tertiary/aromatic N) is 5. The van der Waals surface area contributed by atoms with E-state index in [4.69, 9.17) is 4.52 Å². The minimum Gasteiger partial charge on any atom is -0.364 e. The van der Waals surface area contributed by atoms with Crippen LogP contribution in [-0.4, -0.2) is 51.4 Å². The van der Waals surface area contributed by atoms with Gasteiger partial charge in [-0.15, -0.1) is 0 Å². The van der Waals surface area contributed by atoms with Crippen LogP contribution < -0.4 is 0 Å². The van der Waals surface area contributed by atoms with Crippen LogP contribution in [0, 0.1) is 5.92 Å². The predicted octanol–water partition coefficient (Wildman–Crippen LogP) is 2.31. The van der Waals surface area contributed by atoms with Gasteiger partial charge in [0.2, 0.25) is 0 Å². The number of hydrogen-bond acceptors (Lipinski definition) is 5. The molecule has 3 heterocycles. The lowest BCUT2D eigenvalue weighted by atomic mass is 9.85. The Bertz CT molecular complexity index is 594. The van der Waals surface area contributed by atoms with Crippen LogP contribution in [0.5, 0.6) is 0 Å². The van der Waals surface area contributed by atoms with E-state index in [-0.39, 0.29) is 0 Å². The fourth-order valence-electron chi connectivity index (χ4n) is 3.83. The van der Waals surface area contributed by atoms with Gasteiger partial charge in [0.1, 0.15) is 6.26 Å². The quantitative estimate of drug-likeness (QED) is 0.818. The maximum Gasteiger partial charge on any atom is 0.124 e. The highest BCUT2D eigenvalue weighted by atomic mass is 16.5. The number of hydrogen-bond donors (Lipinski definition) is 0. The van der Waals surface area contributed by atoms with Gasteiger partial charge in [-0.2, -0.15) is 5.10 Å².